The second-order valence-electron chi connectivity index (χ2n) is 5.98. The molecule has 2 N–H and O–H groups in total. The molecular weight excluding hydrogens is 504 g/mol. The smallest absolute Gasteiger partial charge is 0.260 e. The highest BCUT2D eigenvalue weighted by Gasteiger charge is 2.27. The van der Waals surface area contributed by atoms with Gasteiger partial charge >= 0.3 is 0 Å². The summed E-state index contributed by atoms with van der Waals surface area (Å²) in [6.45, 7) is 2.31. The number of thioether (sulfide) groups is 1. The fourth-order valence-corrected chi connectivity index (χ4v) is 5.06. The Balaban J connectivity index is 1.72. The summed E-state index contributed by atoms with van der Waals surface area (Å²) in [5.41, 5.74) is 2.91. The number of rotatable bonds is 6. The van der Waals surface area contributed by atoms with Crippen molar-refractivity contribution in [2.24, 2.45) is 0 Å². The van der Waals surface area contributed by atoms with Crippen molar-refractivity contribution < 1.29 is 9.53 Å². The number of hydrogen-bond donors (Lipinski definition) is 2. The van der Waals surface area contributed by atoms with E-state index in [0.29, 0.717) is 10.7 Å². The van der Waals surface area contributed by atoms with Gasteiger partial charge in [0, 0.05) is 5.69 Å². The molecule has 0 aliphatic carbocycles. The molecule has 1 heterocycles. The number of carbonyl (C=O) groups is 1. The summed E-state index contributed by atoms with van der Waals surface area (Å²) in [5.74, 6) is 2.98. The van der Waals surface area contributed by atoms with Crippen molar-refractivity contribution in [1.29, 1.82) is 0 Å². The fraction of sp³-hybridized carbons (Fsp3) is 0.190. The molecule has 144 valence electrons. The van der Waals surface area contributed by atoms with Gasteiger partial charge in [-0.05, 0) is 79.7 Å². The lowest BCUT2D eigenvalue weighted by molar-refractivity contribution is -0.116. The SMILES string of the molecule is C#CCOc1c(Br)cc(/C=C2\S[C@@H](Nc3ccc(CC)cc3)NC2=O)cc1Br. The van der Waals surface area contributed by atoms with Crippen molar-refractivity contribution in [3.63, 3.8) is 0 Å². The van der Waals surface area contributed by atoms with Crippen LogP contribution in [0.5, 0.6) is 5.75 Å². The van der Waals surface area contributed by atoms with Gasteiger partial charge in [-0.1, -0.05) is 36.7 Å². The molecule has 0 bridgehead atoms. The van der Waals surface area contributed by atoms with Gasteiger partial charge in [-0.3, -0.25) is 4.79 Å². The molecule has 2 aromatic rings. The first-order chi connectivity index (χ1) is 13.5. The molecule has 4 nitrogen and oxygen atoms in total. The Bertz CT molecular complexity index is 929. The van der Waals surface area contributed by atoms with Gasteiger partial charge < -0.3 is 15.4 Å². The zero-order chi connectivity index (χ0) is 20.1. The molecule has 1 fully saturated rings. The number of amides is 1. The minimum Gasteiger partial charge on any atom is -0.479 e. The Kier molecular flexibility index (Phi) is 7.11. The molecule has 7 heteroatoms. The number of hydrogen-bond acceptors (Lipinski definition) is 4. The highest BCUT2D eigenvalue weighted by molar-refractivity contribution is 9.11. The van der Waals surface area contributed by atoms with Gasteiger partial charge in [0.1, 0.15) is 12.4 Å². The van der Waals surface area contributed by atoms with Crippen LogP contribution in [0.2, 0.25) is 0 Å². The zero-order valence-electron chi connectivity index (χ0n) is 15.1. The van der Waals surface area contributed by atoms with Crippen LogP contribution < -0.4 is 15.4 Å². The molecule has 0 unspecified atom stereocenters. The Morgan fingerprint density at radius 2 is 1.96 bits per heavy atom. The van der Waals surface area contributed by atoms with Crippen LogP contribution in [0.4, 0.5) is 5.69 Å². The maximum Gasteiger partial charge on any atom is 0.260 e. The van der Waals surface area contributed by atoms with Gasteiger partial charge in [0.25, 0.3) is 5.91 Å². The lowest BCUT2D eigenvalue weighted by Gasteiger charge is -2.13. The summed E-state index contributed by atoms with van der Waals surface area (Å²) >= 11 is 8.42. The minimum absolute atomic E-state index is 0.104. The summed E-state index contributed by atoms with van der Waals surface area (Å²) < 4.78 is 7.04. The summed E-state index contributed by atoms with van der Waals surface area (Å²) in [7, 11) is 0. The van der Waals surface area contributed by atoms with E-state index in [1.54, 1.807) is 0 Å². The quantitative estimate of drug-likeness (QED) is 0.395. The van der Waals surface area contributed by atoms with Crippen LogP contribution in [-0.2, 0) is 11.2 Å². The number of terminal acetylenes is 1. The van der Waals surface area contributed by atoms with Crippen LogP contribution in [0.25, 0.3) is 6.08 Å². The third kappa shape index (κ3) is 5.13. The Hall–Kier alpha value is -1.88. The molecule has 0 saturated carbocycles. The van der Waals surface area contributed by atoms with Gasteiger partial charge in [0.2, 0.25) is 0 Å². The second-order valence-corrected chi connectivity index (χ2v) is 8.84. The lowest BCUT2D eigenvalue weighted by Crippen LogP contribution is -2.30. The molecule has 28 heavy (non-hydrogen) atoms. The second kappa shape index (κ2) is 9.55. The molecule has 1 saturated heterocycles. The van der Waals surface area contributed by atoms with Crippen molar-refractivity contribution >= 4 is 61.3 Å². The molecule has 1 amide bonds. The van der Waals surface area contributed by atoms with E-state index in [4.69, 9.17) is 11.2 Å². The summed E-state index contributed by atoms with van der Waals surface area (Å²) in [6.07, 6.45) is 8.09. The third-order valence-corrected chi connectivity index (χ3v) is 6.22. The monoisotopic (exact) mass is 520 g/mol. The van der Waals surface area contributed by atoms with Gasteiger partial charge in [-0.15, -0.1) is 6.42 Å². The van der Waals surface area contributed by atoms with E-state index in [-0.39, 0.29) is 18.0 Å². The molecule has 2 aromatic carbocycles. The molecule has 1 atom stereocenters. The molecule has 1 aliphatic rings. The van der Waals surface area contributed by atoms with E-state index in [2.05, 4.69) is 67.5 Å². The first-order valence-corrected chi connectivity index (χ1v) is 11.1. The van der Waals surface area contributed by atoms with E-state index >= 15 is 0 Å². The normalized spacial score (nSPS) is 17.3. The Labute approximate surface area is 185 Å². The van der Waals surface area contributed by atoms with E-state index in [1.807, 2.05) is 30.3 Å². The number of ether oxygens (including phenoxy) is 1. The Morgan fingerprint density at radius 3 is 2.57 bits per heavy atom. The summed E-state index contributed by atoms with van der Waals surface area (Å²) in [6, 6.07) is 12.0. The number of halogens is 2. The first kappa shape index (κ1) is 20.8. The molecule has 1 aliphatic heterocycles. The lowest BCUT2D eigenvalue weighted by atomic mass is 10.1. The van der Waals surface area contributed by atoms with Gasteiger partial charge in [0.05, 0.1) is 13.9 Å². The van der Waals surface area contributed by atoms with E-state index < -0.39 is 0 Å². The molecule has 0 spiro atoms. The Morgan fingerprint density at radius 1 is 1.29 bits per heavy atom. The average molecular weight is 522 g/mol. The van der Waals surface area contributed by atoms with Crippen molar-refractivity contribution in [3.05, 3.63) is 61.4 Å². The number of nitrogens with one attached hydrogen (secondary N) is 2. The van der Waals surface area contributed by atoms with Crippen molar-refractivity contribution in [3.8, 4) is 18.1 Å². The zero-order valence-corrected chi connectivity index (χ0v) is 19.1. The highest BCUT2D eigenvalue weighted by atomic mass is 79.9. The van der Waals surface area contributed by atoms with E-state index in [9.17, 15) is 4.79 Å². The van der Waals surface area contributed by atoms with Crippen molar-refractivity contribution in [1.82, 2.24) is 5.32 Å². The first-order valence-electron chi connectivity index (χ1n) is 8.60. The number of carbonyl (C=O) groups excluding carboxylic acids is 1. The van der Waals surface area contributed by atoms with Gasteiger partial charge in [0.15, 0.2) is 5.50 Å². The van der Waals surface area contributed by atoms with Crippen LogP contribution >= 0.6 is 43.6 Å². The average Bonchev–Trinajstić information content (AvgIpc) is 3.00. The van der Waals surface area contributed by atoms with Crippen LogP contribution in [0.3, 0.4) is 0 Å². The number of anilines is 1. The maximum atomic E-state index is 12.3. The molecule has 0 aromatic heterocycles. The standard InChI is InChI=1S/C21H18Br2N2O2S/c1-3-9-27-19-16(22)10-14(11-17(19)23)12-18-20(26)25-21(28-18)24-15-7-5-13(4-2)6-8-15/h1,5-8,10-12,21,24H,4,9H2,2H3,(H,25,26)/b18-12-/t21-/m0/s1. The summed E-state index contributed by atoms with van der Waals surface area (Å²) in [5, 5.41) is 6.27. The third-order valence-electron chi connectivity index (χ3n) is 4.01. The van der Waals surface area contributed by atoms with Crippen LogP contribution in [0.1, 0.15) is 18.1 Å². The van der Waals surface area contributed by atoms with Gasteiger partial charge in [-0.25, -0.2) is 0 Å². The number of aryl methyl sites for hydroxylation is 1. The molecule has 3 rings (SSSR count). The molecular formula is C21H18Br2N2O2S. The fourth-order valence-electron chi connectivity index (χ4n) is 2.62. The summed E-state index contributed by atoms with van der Waals surface area (Å²) in [4.78, 5) is 13.0. The molecule has 0 radical (unpaired) electrons. The number of benzene rings is 2. The van der Waals surface area contributed by atoms with Crippen LogP contribution in [0, 0.1) is 12.3 Å². The predicted octanol–water partition coefficient (Wildman–Crippen LogP) is 5.39. The minimum atomic E-state index is -0.212. The topological polar surface area (TPSA) is 50.4 Å². The largest absolute Gasteiger partial charge is 0.479 e. The van der Waals surface area contributed by atoms with Crippen molar-refractivity contribution in [2.45, 2.75) is 18.8 Å². The van der Waals surface area contributed by atoms with Crippen molar-refractivity contribution in [2.75, 3.05) is 11.9 Å². The van der Waals surface area contributed by atoms with E-state index in [0.717, 1.165) is 26.6 Å². The predicted molar refractivity (Wildman–Crippen MR) is 123 cm³/mol. The van der Waals surface area contributed by atoms with Crippen LogP contribution in [0.15, 0.2) is 50.2 Å². The highest BCUT2D eigenvalue weighted by Crippen LogP contribution is 2.37. The van der Waals surface area contributed by atoms with E-state index in [1.165, 1.54) is 17.3 Å². The van der Waals surface area contributed by atoms with Crippen LogP contribution in [-0.4, -0.2) is 18.0 Å². The van der Waals surface area contributed by atoms with Gasteiger partial charge in [-0.2, -0.15) is 0 Å². The maximum absolute atomic E-state index is 12.3.